The first-order chi connectivity index (χ1) is 19.1. The molecule has 204 valence electrons. The SMILES string of the molecule is [C-]#[N+]c1ccc2c(c1)c1c(n2C(=O)NCc2ccnc(C(F)(F)F)c2)CCN(C/C=C/c2ccc(C)cc2F)C1. The third-order valence-electron chi connectivity index (χ3n) is 6.92. The molecule has 2 aromatic carbocycles. The smallest absolute Gasteiger partial charge is 0.333 e. The van der Waals surface area contributed by atoms with Gasteiger partial charge < -0.3 is 5.32 Å². The van der Waals surface area contributed by atoms with E-state index in [4.69, 9.17) is 6.57 Å². The van der Waals surface area contributed by atoms with Gasteiger partial charge in [0.1, 0.15) is 11.5 Å². The third kappa shape index (κ3) is 5.60. The van der Waals surface area contributed by atoms with Gasteiger partial charge in [-0.2, -0.15) is 13.2 Å². The highest BCUT2D eigenvalue weighted by Gasteiger charge is 2.32. The fourth-order valence-corrected chi connectivity index (χ4v) is 4.95. The van der Waals surface area contributed by atoms with Crippen molar-refractivity contribution in [3.8, 4) is 0 Å². The summed E-state index contributed by atoms with van der Waals surface area (Å²) < 4.78 is 54.9. The van der Waals surface area contributed by atoms with Crippen LogP contribution in [-0.4, -0.2) is 33.6 Å². The normalized spacial score (nSPS) is 13.9. The average Bonchev–Trinajstić information content (AvgIpc) is 3.25. The molecule has 6 nitrogen and oxygen atoms in total. The summed E-state index contributed by atoms with van der Waals surface area (Å²) in [5.74, 6) is -0.278. The molecule has 3 heterocycles. The van der Waals surface area contributed by atoms with Crippen LogP contribution in [0.2, 0.25) is 0 Å². The molecule has 4 aromatic rings. The molecule has 0 radical (unpaired) electrons. The largest absolute Gasteiger partial charge is 0.433 e. The summed E-state index contributed by atoms with van der Waals surface area (Å²) in [6, 6.07) is 12.1. The zero-order chi connectivity index (χ0) is 28.4. The van der Waals surface area contributed by atoms with Crippen molar-refractivity contribution >= 4 is 28.7 Å². The van der Waals surface area contributed by atoms with Crippen molar-refractivity contribution in [1.82, 2.24) is 19.8 Å². The number of alkyl halides is 3. The molecule has 5 rings (SSSR count). The number of benzene rings is 2. The van der Waals surface area contributed by atoms with Gasteiger partial charge in [0, 0.05) is 50.1 Å². The van der Waals surface area contributed by atoms with Crippen LogP contribution in [0.25, 0.3) is 21.8 Å². The average molecular weight is 548 g/mol. The van der Waals surface area contributed by atoms with Crippen LogP contribution in [0.15, 0.2) is 60.8 Å². The summed E-state index contributed by atoms with van der Waals surface area (Å²) in [7, 11) is 0. The van der Waals surface area contributed by atoms with Gasteiger partial charge in [-0.3, -0.25) is 14.5 Å². The van der Waals surface area contributed by atoms with Gasteiger partial charge in [-0.05, 0) is 59.3 Å². The maximum atomic E-state index is 14.2. The van der Waals surface area contributed by atoms with E-state index in [1.165, 1.54) is 12.1 Å². The third-order valence-corrected chi connectivity index (χ3v) is 6.92. The Morgan fingerprint density at radius 3 is 2.75 bits per heavy atom. The number of hydrogen-bond acceptors (Lipinski definition) is 3. The summed E-state index contributed by atoms with van der Waals surface area (Å²) >= 11 is 0. The van der Waals surface area contributed by atoms with Crippen LogP contribution in [0, 0.1) is 19.3 Å². The van der Waals surface area contributed by atoms with Crippen molar-refractivity contribution < 1.29 is 22.4 Å². The molecule has 1 aliphatic rings. The zero-order valence-corrected chi connectivity index (χ0v) is 21.6. The van der Waals surface area contributed by atoms with Gasteiger partial charge in [0.05, 0.1) is 12.1 Å². The highest BCUT2D eigenvalue weighted by atomic mass is 19.4. The second-order valence-corrected chi connectivity index (χ2v) is 9.69. The zero-order valence-electron chi connectivity index (χ0n) is 21.6. The number of pyridine rings is 1. The number of aryl methyl sites for hydroxylation is 1. The molecule has 2 aromatic heterocycles. The molecule has 1 amide bonds. The summed E-state index contributed by atoms with van der Waals surface area (Å²) in [5.41, 5.74) is 3.40. The van der Waals surface area contributed by atoms with Crippen molar-refractivity contribution in [3.05, 3.63) is 112 Å². The van der Waals surface area contributed by atoms with Crippen LogP contribution in [0.4, 0.5) is 28.0 Å². The molecule has 10 heteroatoms. The first-order valence-corrected chi connectivity index (χ1v) is 12.6. The number of rotatable bonds is 5. The number of nitrogens with zero attached hydrogens (tertiary/aromatic N) is 4. The lowest BCUT2D eigenvalue weighted by Gasteiger charge is -2.27. The van der Waals surface area contributed by atoms with Crippen LogP contribution >= 0.6 is 0 Å². The Balaban J connectivity index is 1.38. The highest BCUT2D eigenvalue weighted by molar-refractivity contribution is 5.97. The predicted molar refractivity (Wildman–Crippen MR) is 144 cm³/mol. The van der Waals surface area contributed by atoms with Crippen molar-refractivity contribution in [3.63, 3.8) is 0 Å². The van der Waals surface area contributed by atoms with Crippen LogP contribution in [-0.2, 0) is 25.7 Å². The van der Waals surface area contributed by atoms with Crippen LogP contribution in [0.3, 0.4) is 0 Å². The maximum Gasteiger partial charge on any atom is 0.433 e. The Kier molecular flexibility index (Phi) is 7.41. The standard InChI is InChI=1S/C30H25F4N5O/c1-19-5-6-21(25(31)14-19)4-3-12-38-13-10-27-24(18-38)23-16-22(35-2)7-8-26(23)39(27)29(40)37-17-20-9-11-36-28(15-20)30(32,33)34/h3-9,11,14-16H,10,12-13,17-18H2,1H3,(H,37,40)/b4-3+. The van der Waals surface area contributed by atoms with Crippen molar-refractivity contribution in [2.75, 3.05) is 13.1 Å². The number of amides is 1. The van der Waals surface area contributed by atoms with E-state index in [2.05, 4.69) is 20.0 Å². The molecule has 1 aliphatic heterocycles. The molecule has 0 bridgehead atoms. The minimum Gasteiger partial charge on any atom is -0.333 e. The molecule has 40 heavy (non-hydrogen) atoms. The lowest BCUT2D eigenvalue weighted by molar-refractivity contribution is -0.141. The minimum atomic E-state index is -4.58. The lowest BCUT2D eigenvalue weighted by atomic mass is 10.0. The van der Waals surface area contributed by atoms with Gasteiger partial charge >= 0.3 is 12.2 Å². The van der Waals surface area contributed by atoms with Gasteiger partial charge in [0.2, 0.25) is 0 Å². The number of fused-ring (bicyclic) bond motifs is 3. The quantitative estimate of drug-likeness (QED) is 0.219. The number of hydrogen-bond donors (Lipinski definition) is 1. The summed E-state index contributed by atoms with van der Waals surface area (Å²) in [6.07, 6.45) is 0.691. The van der Waals surface area contributed by atoms with E-state index in [-0.39, 0.29) is 17.9 Å². The van der Waals surface area contributed by atoms with Gasteiger partial charge in [0.15, 0.2) is 5.69 Å². The van der Waals surface area contributed by atoms with E-state index in [9.17, 15) is 22.4 Å². The van der Waals surface area contributed by atoms with Crippen LogP contribution in [0.1, 0.15) is 33.6 Å². The fraction of sp³-hybridized carbons (Fsp3) is 0.233. The molecule has 0 saturated carbocycles. The first-order valence-electron chi connectivity index (χ1n) is 12.6. The monoisotopic (exact) mass is 547 g/mol. The maximum absolute atomic E-state index is 14.2. The molecule has 1 N–H and O–H groups in total. The number of carbonyl (C=O) groups excluding carboxylic acids is 1. The molecular weight excluding hydrogens is 522 g/mol. The van der Waals surface area contributed by atoms with Crippen LogP contribution < -0.4 is 5.32 Å². The molecular formula is C30H25F4N5O. The Morgan fingerprint density at radius 1 is 1.18 bits per heavy atom. The molecule has 0 unspecified atom stereocenters. The van der Waals surface area contributed by atoms with Crippen LogP contribution in [0.5, 0.6) is 0 Å². The number of nitrogens with one attached hydrogen (secondary N) is 1. The summed E-state index contributed by atoms with van der Waals surface area (Å²) in [6.45, 7) is 10.9. The second-order valence-electron chi connectivity index (χ2n) is 9.69. The fourth-order valence-electron chi connectivity index (χ4n) is 4.95. The first kappa shape index (κ1) is 27.1. The molecule has 0 saturated heterocycles. The minimum absolute atomic E-state index is 0.106. The molecule has 0 aliphatic carbocycles. The van der Waals surface area contributed by atoms with E-state index in [1.807, 2.05) is 19.1 Å². The topological polar surface area (TPSA) is 54.5 Å². The Labute approximate surface area is 228 Å². The summed E-state index contributed by atoms with van der Waals surface area (Å²) in [5, 5.41) is 3.51. The molecule has 0 fully saturated rings. The van der Waals surface area contributed by atoms with E-state index < -0.39 is 17.9 Å². The Hall–Kier alpha value is -4.49. The van der Waals surface area contributed by atoms with E-state index in [0.717, 1.165) is 34.5 Å². The predicted octanol–water partition coefficient (Wildman–Crippen LogP) is 6.88. The second kappa shape index (κ2) is 10.9. The summed E-state index contributed by atoms with van der Waals surface area (Å²) in [4.78, 5) is 22.4. The number of carbonyl (C=O) groups is 1. The van der Waals surface area contributed by atoms with E-state index in [0.29, 0.717) is 42.8 Å². The van der Waals surface area contributed by atoms with Gasteiger partial charge in [-0.25, -0.2) is 14.0 Å². The lowest BCUT2D eigenvalue weighted by Crippen LogP contribution is -2.34. The number of halogens is 4. The number of aromatic nitrogens is 2. The van der Waals surface area contributed by atoms with Crippen molar-refractivity contribution in [2.45, 2.75) is 32.6 Å². The van der Waals surface area contributed by atoms with Gasteiger partial charge in [-0.15, -0.1) is 0 Å². The van der Waals surface area contributed by atoms with Gasteiger partial charge in [-0.1, -0.05) is 30.4 Å². The molecule has 0 spiro atoms. The van der Waals surface area contributed by atoms with E-state index in [1.54, 1.807) is 34.9 Å². The Bertz CT molecular complexity index is 1670. The van der Waals surface area contributed by atoms with Crippen molar-refractivity contribution in [1.29, 1.82) is 0 Å². The van der Waals surface area contributed by atoms with E-state index >= 15 is 0 Å². The Morgan fingerprint density at radius 2 is 2.00 bits per heavy atom. The van der Waals surface area contributed by atoms with Crippen molar-refractivity contribution in [2.24, 2.45) is 0 Å². The molecule has 0 atom stereocenters. The van der Waals surface area contributed by atoms with Gasteiger partial charge in [0.25, 0.3) is 0 Å². The highest BCUT2D eigenvalue weighted by Crippen LogP contribution is 2.34.